The highest BCUT2D eigenvalue weighted by Crippen LogP contribution is 2.32. The van der Waals surface area contributed by atoms with Gasteiger partial charge in [0.15, 0.2) is 5.78 Å². The third kappa shape index (κ3) is 13.7. The number of carbonyl (C=O) groups excluding carboxylic acids is 5. The summed E-state index contributed by atoms with van der Waals surface area (Å²) in [7, 11) is 8.72. The maximum absolute atomic E-state index is 14.3. The van der Waals surface area contributed by atoms with Crippen molar-refractivity contribution in [1.82, 2.24) is 14.7 Å². The summed E-state index contributed by atoms with van der Waals surface area (Å²) in [5, 5.41) is 0. The quantitative estimate of drug-likeness (QED) is 0.134. The first-order chi connectivity index (χ1) is 26.4. The molecular formula is C44H74N4O8. The van der Waals surface area contributed by atoms with Crippen molar-refractivity contribution in [2.45, 2.75) is 124 Å². The van der Waals surface area contributed by atoms with Crippen molar-refractivity contribution in [3.05, 3.63) is 35.9 Å². The lowest BCUT2D eigenvalue weighted by Gasteiger charge is -2.41. The smallest absolute Gasteiger partial charge is 0.319 e. The number of nitrogens with two attached hydrogens (primary N) is 1. The molecule has 12 heteroatoms. The minimum Gasteiger partial charge on any atom is -0.464 e. The highest BCUT2D eigenvalue weighted by molar-refractivity contribution is 5.90. The Kier molecular flexibility index (Phi) is 20.9. The van der Waals surface area contributed by atoms with Crippen LogP contribution in [0.4, 0.5) is 0 Å². The van der Waals surface area contributed by atoms with Crippen LogP contribution in [0.2, 0.25) is 0 Å². The van der Waals surface area contributed by atoms with Gasteiger partial charge in [-0.15, -0.1) is 0 Å². The molecule has 0 radical (unpaired) electrons. The van der Waals surface area contributed by atoms with E-state index in [9.17, 15) is 24.0 Å². The number of carbonyl (C=O) groups is 5. The molecule has 318 valence electrons. The van der Waals surface area contributed by atoms with E-state index in [4.69, 9.17) is 19.9 Å². The predicted octanol–water partition coefficient (Wildman–Crippen LogP) is 5.04. The molecule has 2 rings (SSSR count). The van der Waals surface area contributed by atoms with Crippen molar-refractivity contribution in [3.8, 4) is 0 Å². The maximum Gasteiger partial charge on any atom is 0.319 e. The van der Waals surface area contributed by atoms with Gasteiger partial charge in [0.25, 0.3) is 0 Å². The summed E-state index contributed by atoms with van der Waals surface area (Å²) in [4.78, 5) is 73.5. The van der Waals surface area contributed by atoms with Crippen LogP contribution in [0.15, 0.2) is 30.3 Å². The van der Waals surface area contributed by atoms with E-state index >= 15 is 0 Å². The second-order valence-corrected chi connectivity index (χ2v) is 16.9. The van der Waals surface area contributed by atoms with Gasteiger partial charge in [0.2, 0.25) is 11.8 Å². The Balaban J connectivity index is 2.28. The summed E-state index contributed by atoms with van der Waals surface area (Å²) in [6, 6.07) is 8.73. The SMILES string of the molecule is CC[C@H](C)[C@@H]([C@@H](CC(=O)N1CCC[C@H]1[C@H](OC)[C@@H](C)C(=O)C[C@H](COC(=O)CN)Cc1ccccc1)OC)N(C)C(=O)C(CC(=O)C(C(C)C)N(C)C)C(C)C. The Labute approximate surface area is 337 Å². The molecule has 2 N–H and O–H groups in total. The lowest BCUT2D eigenvalue weighted by Crippen LogP contribution is -2.54. The van der Waals surface area contributed by atoms with Crippen LogP contribution in [0.25, 0.3) is 0 Å². The first kappa shape index (κ1) is 49.0. The maximum atomic E-state index is 14.3. The summed E-state index contributed by atoms with van der Waals surface area (Å²) in [5.74, 6) is -2.01. The number of amides is 2. The molecular weight excluding hydrogens is 713 g/mol. The molecule has 56 heavy (non-hydrogen) atoms. The summed E-state index contributed by atoms with van der Waals surface area (Å²) in [5.41, 5.74) is 6.50. The van der Waals surface area contributed by atoms with Gasteiger partial charge in [0.1, 0.15) is 5.78 Å². The molecule has 1 aliphatic heterocycles. The van der Waals surface area contributed by atoms with Crippen LogP contribution in [0.3, 0.4) is 0 Å². The van der Waals surface area contributed by atoms with E-state index in [1.807, 2.05) is 88.8 Å². The topological polar surface area (TPSA) is 149 Å². The molecule has 2 unspecified atom stereocenters. The molecule has 0 saturated carbocycles. The molecule has 0 bridgehead atoms. The Hall–Kier alpha value is -3.19. The molecule has 0 spiro atoms. The molecule has 1 heterocycles. The number of hydrogen-bond acceptors (Lipinski definition) is 10. The molecule has 1 aliphatic rings. The third-order valence-corrected chi connectivity index (χ3v) is 11.9. The Bertz CT molecular complexity index is 1380. The number of nitrogens with zero attached hydrogens (tertiary/aromatic N) is 3. The van der Waals surface area contributed by atoms with Crippen LogP contribution in [0.5, 0.6) is 0 Å². The number of Topliss-reactive ketones (excluding diaryl/α,β-unsaturated/α-hetero) is 2. The van der Waals surface area contributed by atoms with Crippen LogP contribution < -0.4 is 5.73 Å². The lowest BCUT2D eigenvalue weighted by molar-refractivity contribution is -0.149. The number of ketones is 2. The normalized spacial score (nSPS) is 18.9. The minimum atomic E-state index is -0.601. The van der Waals surface area contributed by atoms with Crippen LogP contribution in [0, 0.1) is 35.5 Å². The van der Waals surface area contributed by atoms with Crippen molar-refractivity contribution >= 4 is 29.4 Å². The van der Waals surface area contributed by atoms with Crippen molar-refractivity contribution < 1.29 is 38.2 Å². The number of methoxy groups -OCH3 is 2. The first-order valence-electron chi connectivity index (χ1n) is 20.7. The zero-order chi connectivity index (χ0) is 42.3. The average Bonchev–Trinajstić information content (AvgIpc) is 3.64. The third-order valence-electron chi connectivity index (χ3n) is 11.9. The van der Waals surface area contributed by atoms with Gasteiger partial charge < -0.3 is 29.7 Å². The minimum absolute atomic E-state index is 0.00195. The fraction of sp³-hybridized carbons (Fsp3) is 0.750. The van der Waals surface area contributed by atoms with E-state index in [2.05, 4.69) is 13.8 Å². The summed E-state index contributed by atoms with van der Waals surface area (Å²) >= 11 is 0. The number of hydrogen-bond donors (Lipinski definition) is 1. The van der Waals surface area contributed by atoms with Gasteiger partial charge >= 0.3 is 5.97 Å². The van der Waals surface area contributed by atoms with Crippen LogP contribution in [-0.2, 0) is 44.6 Å². The number of likely N-dealkylation sites (tertiary alicyclic amines) is 1. The van der Waals surface area contributed by atoms with E-state index in [0.29, 0.717) is 19.4 Å². The molecule has 0 aliphatic carbocycles. The van der Waals surface area contributed by atoms with Crippen molar-refractivity contribution in [3.63, 3.8) is 0 Å². The number of rotatable bonds is 25. The fourth-order valence-corrected chi connectivity index (χ4v) is 8.68. The monoisotopic (exact) mass is 787 g/mol. The average molecular weight is 787 g/mol. The molecule has 1 saturated heterocycles. The van der Waals surface area contributed by atoms with Crippen LogP contribution in [-0.4, -0.2) is 129 Å². The molecule has 0 aromatic heterocycles. The largest absolute Gasteiger partial charge is 0.464 e. The standard InChI is InChI=1S/C44H74N4O8/c1-13-30(6)42(47(10)44(53)34(28(2)3)24-37(50)41(29(4)5)46(8)9)38(54-11)25-39(51)48-21-17-20-35(48)43(55-12)31(7)36(49)23-33(27-56-40(52)26-45)22-32-18-15-14-16-19-32/h14-16,18-19,28-31,33-35,38,41-43H,13,17,20-27,45H2,1-12H3/t30-,31-,33+,34?,35-,38+,41?,42-,43+/m0/s1. The summed E-state index contributed by atoms with van der Waals surface area (Å²) in [6.07, 6.45) is 1.97. The van der Waals surface area contributed by atoms with Gasteiger partial charge in [0, 0.05) is 58.4 Å². The zero-order valence-corrected chi connectivity index (χ0v) is 36.5. The summed E-state index contributed by atoms with van der Waals surface area (Å²) < 4.78 is 17.5. The Morgan fingerprint density at radius 1 is 0.875 bits per heavy atom. The van der Waals surface area contributed by atoms with Gasteiger partial charge in [-0.3, -0.25) is 28.9 Å². The molecule has 1 aromatic carbocycles. The van der Waals surface area contributed by atoms with Gasteiger partial charge in [-0.2, -0.15) is 0 Å². The van der Waals surface area contributed by atoms with Crippen molar-refractivity contribution in [1.29, 1.82) is 0 Å². The van der Waals surface area contributed by atoms with E-state index in [-0.39, 0.29) is 91.6 Å². The van der Waals surface area contributed by atoms with E-state index in [1.165, 1.54) is 0 Å². The van der Waals surface area contributed by atoms with E-state index in [0.717, 1.165) is 18.4 Å². The van der Waals surface area contributed by atoms with Gasteiger partial charge in [0.05, 0.1) is 49.9 Å². The molecule has 9 atom stereocenters. The predicted molar refractivity (Wildman–Crippen MR) is 220 cm³/mol. The Morgan fingerprint density at radius 2 is 1.52 bits per heavy atom. The molecule has 1 fully saturated rings. The van der Waals surface area contributed by atoms with Crippen LogP contribution >= 0.6 is 0 Å². The number of likely N-dealkylation sites (N-methyl/N-ethyl adjacent to an activating group) is 2. The van der Waals surface area contributed by atoms with Crippen molar-refractivity contribution in [2.75, 3.05) is 55.1 Å². The van der Waals surface area contributed by atoms with E-state index < -0.39 is 36.1 Å². The van der Waals surface area contributed by atoms with Crippen LogP contribution in [0.1, 0.15) is 92.6 Å². The van der Waals surface area contributed by atoms with E-state index in [1.54, 1.807) is 26.2 Å². The van der Waals surface area contributed by atoms with Crippen molar-refractivity contribution in [2.24, 2.45) is 41.2 Å². The van der Waals surface area contributed by atoms with Gasteiger partial charge in [-0.1, -0.05) is 85.2 Å². The molecule has 1 aromatic rings. The first-order valence-corrected chi connectivity index (χ1v) is 20.7. The second kappa shape index (κ2) is 23.9. The fourth-order valence-electron chi connectivity index (χ4n) is 8.68. The highest BCUT2D eigenvalue weighted by atomic mass is 16.5. The highest BCUT2D eigenvalue weighted by Gasteiger charge is 2.43. The zero-order valence-electron chi connectivity index (χ0n) is 36.5. The molecule has 2 amide bonds. The Morgan fingerprint density at radius 3 is 2.04 bits per heavy atom. The summed E-state index contributed by atoms with van der Waals surface area (Å²) in [6.45, 7) is 14.3. The lowest BCUT2D eigenvalue weighted by atomic mass is 9.83. The number of ether oxygens (including phenoxy) is 3. The van der Waals surface area contributed by atoms with Gasteiger partial charge in [-0.05, 0) is 56.7 Å². The second-order valence-electron chi connectivity index (χ2n) is 16.9. The van der Waals surface area contributed by atoms with Gasteiger partial charge in [-0.25, -0.2) is 0 Å². The number of esters is 1. The number of benzene rings is 1. The molecule has 12 nitrogen and oxygen atoms in total.